The molecular weight excluding hydrogens is 268 g/mol. The molecule has 0 aliphatic heterocycles. The summed E-state index contributed by atoms with van der Waals surface area (Å²) in [5.41, 5.74) is 6.11. The Morgan fingerprint density at radius 2 is 2.00 bits per heavy atom. The maximum absolute atomic E-state index is 13.0. The van der Waals surface area contributed by atoms with Crippen LogP contribution in [0, 0.1) is 11.6 Å². The van der Waals surface area contributed by atoms with Gasteiger partial charge in [-0.1, -0.05) is 5.21 Å². The lowest BCUT2D eigenvalue weighted by atomic mass is 10.2. The number of nitrogens with one attached hydrogen (secondary N) is 1. The topological polar surface area (TPSA) is 85.8 Å². The first kappa shape index (κ1) is 14.1. The highest BCUT2D eigenvalue weighted by molar-refractivity contribution is 5.77. The van der Waals surface area contributed by atoms with Crippen LogP contribution in [0.2, 0.25) is 0 Å². The quantitative estimate of drug-likeness (QED) is 0.818. The number of nitrogens with zero attached hydrogens (tertiary/aromatic N) is 3. The van der Waals surface area contributed by atoms with Gasteiger partial charge in [0.1, 0.15) is 17.3 Å². The van der Waals surface area contributed by atoms with Gasteiger partial charge < -0.3 is 11.1 Å². The first-order valence-electron chi connectivity index (χ1n) is 5.87. The zero-order chi connectivity index (χ0) is 14.5. The summed E-state index contributed by atoms with van der Waals surface area (Å²) in [7, 11) is 0. The monoisotopic (exact) mass is 281 g/mol. The first-order chi connectivity index (χ1) is 9.56. The fourth-order valence-electron chi connectivity index (χ4n) is 1.65. The largest absolute Gasteiger partial charge is 0.349 e. The number of carbonyl (C=O) groups is 1. The summed E-state index contributed by atoms with van der Waals surface area (Å²) < 4.78 is 27.5. The van der Waals surface area contributed by atoms with Crippen LogP contribution in [0.25, 0.3) is 0 Å². The molecule has 6 nitrogen and oxygen atoms in total. The summed E-state index contributed by atoms with van der Waals surface area (Å²) in [6, 6.07) is 3.25. The molecule has 0 fully saturated rings. The van der Waals surface area contributed by atoms with Crippen molar-refractivity contribution in [1.29, 1.82) is 0 Å². The average molecular weight is 281 g/mol. The Balaban J connectivity index is 2.00. The van der Waals surface area contributed by atoms with Crippen LogP contribution >= 0.6 is 0 Å². The fourth-order valence-corrected chi connectivity index (χ4v) is 1.65. The SMILES string of the molecule is NCC(=O)NCc1cn(Cc2cc(F)cc(F)c2)nn1. The molecule has 3 N–H and O–H groups in total. The van der Waals surface area contributed by atoms with Crippen LogP contribution in [0.5, 0.6) is 0 Å². The summed E-state index contributed by atoms with van der Waals surface area (Å²) in [6.45, 7) is 0.288. The maximum atomic E-state index is 13.0. The Hall–Kier alpha value is -2.35. The molecule has 0 saturated carbocycles. The van der Waals surface area contributed by atoms with E-state index in [1.807, 2.05) is 0 Å². The lowest BCUT2D eigenvalue weighted by Gasteiger charge is -2.01. The van der Waals surface area contributed by atoms with Crippen molar-refractivity contribution in [3.8, 4) is 0 Å². The summed E-state index contributed by atoms with van der Waals surface area (Å²) in [6.07, 6.45) is 1.58. The van der Waals surface area contributed by atoms with Gasteiger partial charge in [0, 0.05) is 6.07 Å². The molecule has 8 heteroatoms. The van der Waals surface area contributed by atoms with Crippen molar-refractivity contribution < 1.29 is 13.6 Å². The minimum atomic E-state index is -0.643. The van der Waals surface area contributed by atoms with E-state index in [1.165, 1.54) is 16.8 Å². The molecule has 20 heavy (non-hydrogen) atoms. The number of rotatable bonds is 5. The number of carbonyl (C=O) groups excluding carboxylic acids is 1. The zero-order valence-electron chi connectivity index (χ0n) is 10.5. The number of hydrogen-bond donors (Lipinski definition) is 2. The smallest absolute Gasteiger partial charge is 0.234 e. The third-order valence-electron chi connectivity index (χ3n) is 2.51. The van der Waals surface area contributed by atoms with E-state index in [-0.39, 0.29) is 25.5 Å². The molecule has 0 bridgehead atoms. The van der Waals surface area contributed by atoms with Crippen LogP contribution in [0.4, 0.5) is 8.78 Å². The van der Waals surface area contributed by atoms with E-state index in [2.05, 4.69) is 15.6 Å². The summed E-state index contributed by atoms with van der Waals surface area (Å²) in [5.74, 6) is -1.59. The lowest BCUT2D eigenvalue weighted by Crippen LogP contribution is -2.29. The van der Waals surface area contributed by atoms with Crippen molar-refractivity contribution in [1.82, 2.24) is 20.3 Å². The van der Waals surface area contributed by atoms with E-state index in [0.29, 0.717) is 11.3 Å². The molecular formula is C12H13F2N5O. The number of nitrogens with two attached hydrogens (primary N) is 1. The van der Waals surface area contributed by atoms with Crippen molar-refractivity contribution in [3.63, 3.8) is 0 Å². The maximum Gasteiger partial charge on any atom is 0.234 e. The van der Waals surface area contributed by atoms with E-state index in [1.54, 1.807) is 6.20 Å². The van der Waals surface area contributed by atoms with Crippen LogP contribution in [-0.2, 0) is 17.9 Å². The molecule has 1 amide bonds. The highest BCUT2D eigenvalue weighted by atomic mass is 19.1. The van der Waals surface area contributed by atoms with Gasteiger partial charge in [0.25, 0.3) is 0 Å². The number of benzene rings is 1. The first-order valence-corrected chi connectivity index (χ1v) is 5.87. The molecule has 0 aliphatic rings. The molecule has 0 aliphatic carbocycles. The molecule has 1 aromatic carbocycles. The van der Waals surface area contributed by atoms with Gasteiger partial charge in [-0.15, -0.1) is 5.10 Å². The van der Waals surface area contributed by atoms with Crippen LogP contribution < -0.4 is 11.1 Å². The van der Waals surface area contributed by atoms with E-state index >= 15 is 0 Å². The molecule has 2 rings (SSSR count). The molecule has 2 aromatic rings. The Kier molecular flexibility index (Phi) is 4.36. The standard InChI is InChI=1S/C12H13F2N5O/c13-9-1-8(2-10(14)3-9)6-19-7-11(17-18-19)5-16-12(20)4-15/h1-3,7H,4-6,15H2,(H,16,20). The minimum absolute atomic E-state index is 0.100. The lowest BCUT2D eigenvalue weighted by molar-refractivity contribution is -0.119. The summed E-state index contributed by atoms with van der Waals surface area (Å²) >= 11 is 0. The highest BCUT2D eigenvalue weighted by Gasteiger charge is 2.05. The number of amides is 1. The van der Waals surface area contributed by atoms with Crippen molar-refractivity contribution in [2.45, 2.75) is 13.1 Å². The van der Waals surface area contributed by atoms with Gasteiger partial charge in [0.2, 0.25) is 5.91 Å². The van der Waals surface area contributed by atoms with Crippen LogP contribution in [0.1, 0.15) is 11.3 Å². The van der Waals surface area contributed by atoms with Gasteiger partial charge in [-0.2, -0.15) is 0 Å². The normalized spacial score (nSPS) is 10.6. The number of hydrogen-bond acceptors (Lipinski definition) is 4. The van der Waals surface area contributed by atoms with Gasteiger partial charge >= 0.3 is 0 Å². The minimum Gasteiger partial charge on any atom is -0.349 e. The molecule has 0 saturated heterocycles. The van der Waals surface area contributed by atoms with Crippen molar-refractivity contribution in [2.24, 2.45) is 5.73 Å². The number of halogens is 2. The Labute approximate surface area is 113 Å². The van der Waals surface area contributed by atoms with E-state index < -0.39 is 11.6 Å². The van der Waals surface area contributed by atoms with Gasteiger partial charge in [0.05, 0.1) is 25.8 Å². The second kappa shape index (κ2) is 6.20. The van der Waals surface area contributed by atoms with E-state index in [4.69, 9.17) is 5.73 Å². The third kappa shape index (κ3) is 3.82. The Morgan fingerprint density at radius 1 is 1.30 bits per heavy atom. The van der Waals surface area contributed by atoms with Crippen molar-refractivity contribution in [3.05, 3.63) is 47.3 Å². The second-order valence-electron chi connectivity index (χ2n) is 4.17. The van der Waals surface area contributed by atoms with Crippen LogP contribution in [0.3, 0.4) is 0 Å². The van der Waals surface area contributed by atoms with Gasteiger partial charge in [-0.05, 0) is 17.7 Å². The Morgan fingerprint density at radius 3 is 2.65 bits per heavy atom. The molecule has 0 atom stereocenters. The third-order valence-corrected chi connectivity index (χ3v) is 2.51. The second-order valence-corrected chi connectivity index (χ2v) is 4.17. The van der Waals surface area contributed by atoms with E-state index in [9.17, 15) is 13.6 Å². The molecule has 1 aromatic heterocycles. The van der Waals surface area contributed by atoms with Crippen LogP contribution in [-0.4, -0.2) is 27.4 Å². The van der Waals surface area contributed by atoms with Crippen molar-refractivity contribution in [2.75, 3.05) is 6.54 Å². The summed E-state index contributed by atoms with van der Waals surface area (Å²) in [5, 5.41) is 10.2. The molecule has 0 spiro atoms. The van der Waals surface area contributed by atoms with Crippen molar-refractivity contribution >= 4 is 5.91 Å². The van der Waals surface area contributed by atoms with E-state index in [0.717, 1.165) is 6.07 Å². The Bertz CT molecular complexity index is 593. The van der Waals surface area contributed by atoms with Gasteiger partial charge in [0.15, 0.2) is 0 Å². The van der Waals surface area contributed by atoms with Gasteiger partial charge in [-0.3, -0.25) is 4.79 Å². The van der Waals surface area contributed by atoms with Gasteiger partial charge in [-0.25, -0.2) is 13.5 Å². The predicted molar refractivity (Wildman–Crippen MR) is 66.4 cm³/mol. The predicted octanol–water partition coefficient (Wildman–Crippen LogP) is 0.179. The molecule has 1 heterocycles. The fraction of sp³-hybridized carbons (Fsp3) is 0.250. The number of aromatic nitrogens is 3. The summed E-state index contributed by atoms with van der Waals surface area (Å²) in [4.78, 5) is 11.0. The zero-order valence-corrected chi connectivity index (χ0v) is 10.5. The average Bonchev–Trinajstić information content (AvgIpc) is 2.82. The molecule has 0 radical (unpaired) electrons. The molecule has 0 unspecified atom stereocenters. The van der Waals surface area contributed by atoms with Crippen LogP contribution in [0.15, 0.2) is 24.4 Å². The highest BCUT2D eigenvalue weighted by Crippen LogP contribution is 2.09. The molecule has 106 valence electrons.